The quantitative estimate of drug-likeness (QED) is 0.595. The van der Waals surface area contributed by atoms with Crippen molar-refractivity contribution in [1.29, 1.82) is 0 Å². The second-order valence-electron chi connectivity index (χ2n) is 7.25. The van der Waals surface area contributed by atoms with Crippen molar-refractivity contribution in [3.05, 3.63) is 11.8 Å². The molecule has 2 atom stereocenters. The standard InChI is InChI=1S/C18H31N5O2/c1-25-15-7-5-14(6-8-15)21-18-20-10-13(9-19)17(23-18)22-16-4-2-3-12(16)11-24/h10,12,14-16,24H,2-9,11,19H2,1H3,(H2,20,21,22,23). The van der Waals surface area contributed by atoms with Gasteiger partial charge in [-0.3, -0.25) is 0 Å². The van der Waals surface area contributed by atoms with Crippen LogP contribution >= 0.6 is 0 Å². The van der Waals surface area contributed by atoms with Gasteiger partial charge in [0.15, 0.2) is 0 Å². The van der Waals surface area contributed by atoms with Crippen molar-refractivity contribution < 1.29 is 9.84 Å². The van der Waals surface area contributed by atoms with Crippen LogP contribution in [0.4, 0.5) is 11.8 Å². The molecule has 0 radical (unpaired) electrons. The van der Waals surface area contributed by atoms with Gasteiger partial charge in [0.25, 0.3) is 0 Å². The van der Waals surface area contributed by atoms with Crippen LogP contribution in [0.3, 0.4) is 0 Å². The van der Waals surface area contributed by atoms with Gasteiger partial charge in [0, 0.05) is 50.0 Å². The first-order chi connectivity index (χ1) is 12.2. The number of aromatic nitrogens is 2. The van der Waals surface area contributed by atoms with E-state index in [9.17, 15) is 5.11 Å². The van der Waals surface area contributed by atoms with Crippen LogP contribution in [0, 0.1) is 5.92 Å². The van der Waals surface area contributed by atoms with Gasteiger partial charge < -0.3 is 26.2 Å². The minimum atomic E-state index is 0.217. The molecular formula is C18H31N5O2. The number of methoxy groups -OCH3 is 1. The predicted molar refractivity (Wildman–Crippen MR) is 98.4 cm³/mol. The maximum Gasteiger partial charge on any atom is 0.224 e. The molecule has 0 aliphatic heterocycles. The van der Waals surface area contributed by atoms with E-state index in [0.29, 0.717) is 30.6 Å². The summed E-state index contributed by atoms with van der Waals surface area (Å²) < 4.78 is 5.43. The van der Waals surface area contributed by atoms with E-state index in [4.69, 9.17) is 10.5 Å². The Morgan fingerprint density at radius 2 is 2.00 bits per heavy atom. The fourth-order valence-electron chi connectivity index (χ4n) is 4.00. The molecule has 2 aliphatic carbocycles. The van der Waals surface area contributed by atoms with E-state index in [1.54, 1.807) is 13.3 Å². The summed E-state index contributed by atoms with van der Waals surface area (Å²) in [5.74, 6) is 1.75. The van der Waals surface area contributed by atoms with Gasteiger partial charge in [-0.2, -0.15) is 4.98 Å². The summed E-state index contributed by atoms with van der Waals surface area (Å²) >= 11 is 0. The van der Waals surface area contributed by atoms with Crippen molar-refractivity contribution in [3.63, 3.8) is 0 Å². The van der Waals surface area contributed by atoms with Crippen molar-refractivity contribution in [1.82, 2.24) is 9.97 Å². The molecule has 0 amide bonds. The van der Waals surface area contributed by atoms with E-state index in [1.807, 2.05) is 0 Å². The molecule has 0 spiro atoms. The highest BCUT2D eigenvalue weighted by molar-refractivity contribution is 5.48. The number of nitrogens with two attached hydrogens (primary N) is 1. The molecule has 0 aromatic carbocycles. The van der Waals surface area contributed by atoms with Crippen molar-refractivity contribution >= 4 is 11.8 Å². The highest BCUT2D eigenvalue weighted by Crippen LogP contribution is 2.29. The van der Waals surface area contributed by atoms with Crippen LogP contribution in [-0.2, 0) is 11.3 Å². The fourth-order valence-corrected chi connectivity index (χ4v) is 4.00. The Hall–Kier alpha value is -1.44. The van der Waals surface area contributed by atoms with E-state index >= 15 is 0 Å². The monoisotopic (exact) mass is 349 g/mol. The molecule has 1 aromatic heterocycles. The molecule has 7 heteroatoms. The summed E-state index contributed by atoms with van der Waals surface area (Å²) in [4.78, 5) is 9.12. The molecule has 0 saturated heterocycles. The number of anilines is 2. The van der Waals surface area contributed by atoms with Gasteiger partial charge in [-0.05, 0) is 38.5 Å². The minimum absolute atomic E-state index is 0.217. The van der Waals surface area contributed by atoms with Crippen LogP contribution in [0.2, 0.25) is 0 Å². The molecule has 5 N–H and O–H groups in total. The van der Waals surface area contributed by atoms with Crippen molar-refractivity contribution in [3.8, 4) is 0 Å². The van der Waals surface area contributed by atoms with E-state index in [2.05, 4.69) is 20.6 Å². The third-order valence-electron chi connectivity index (χ3n) is 5.64. The molecule has 0 bridgehead atoms. The van der Waals surface area contributed by atoms with Crippen LogP contribution in [0.5, 0.6) is 0 Å². The maximum absolute atomic E-state index is 9.53. The first kappa shape index (κ1) is 18.4. The Bertz CT molecular complexity index is 548. The summed E-state index contributed by atoms with van der Waals surface area (Å²) in [5, 5.41) is 16.5. The third kappa shape index (κ3) is 4.59. The second kappa shape index (κ2) is 8.78. The van der Waals surface area contributed by atoms with Gasteiger partial charge in [0.1, 0.15) is 5.82 Å². The Labute approximate surface area is 149 Å². The van der Waals surface area contributed by atoms with Crippen LogP contribution in [-0.4, -0.2) is 47.0 Å². The van der Waals surface area contributed by atoms with Gasteiger partial charge in [0.05, 0.1) is 6.10 Å². The summed E-state index contributed by atoms with van der Waals surface area (Å²) in [6.07, 6.45) is 9.72. The smallest absolute Gasteiger partial charge is 0.224 e. The lowest BCUT2D eigenvalue weighted by Crippen LogP contribution is -2.30. The van der Waals surface area contributed by atoms with Crippen LogP contribution in [0.15, 0.2) is 6.20 Å². The highest BCUT2D eigenvalue weighted by atomic mass is 16.5. The molecule has 1 aromatic rings. The predicted octanol–water partition coefficient (Wildman–Crippen LogP) is 1.88. The lowest BCUT2D eigenvalue weighted by atomic mass is 9.93. The summed E-state index contributed by atoms with van der Waals surface area (Å²) in [6.45, 7) is 0.618. The average molecular weight is 349 g/mol. The first-order valence-electron chi connectivity index (χ1n) is 9.46. The normalized spacial score (nSPS) is 29.6. The first-order valence-corrected chi connectivity index (χ1v) is 9.46. The molecule has 7 nitrogen and oxygen atoms in total. The van der Waals surface area contributed by atoms with E-state index in [0.717, 1.165) is 56.3 Å². The molecule has 140 valence electrons. The van der Waals surface area contributed by atoms with E-state index in [-0.39, 0.29) is 12.6 Å². The number of aliphatic hydroxyl groups is 1. The molecule has 25 heavy (non-hydrogen) atoms. The number of rotatable bonds is 7. The Balaban J connectivity index is 1.65. The van der Waals surface area contributed by atoms with Gasteiger partial charge >= 0.3 is 0 Å². The maximum atomic E-state index is 9.53. The summed E-state index contributed by atoms with van der Waals surface area (Å²) in [6, 6.07) is 0.648. The molecule has 2 aliphatic rings. The molecule has 1 heterocycles. The molecule has 2 saturated carbocycles. The van der Waals surface area contributed by atoms with Crippen LogP contribution in [0.1, 0.15) is 50.5 Å². The second-order valence-corrected chi connectivity index (χ2v) is 7.25. The number of nitrogens with one attached hydrogen (secondary N) is 2. The number of aliphatic hydroxyl groups excluding tert-OH is 1. The summed E-state index contributed by atoms with van der Waals surface area (Å²) in [5.41, 5.74) is 6.77. The zero-order chi connectivity index (χ0) is 17.6. The largest absolute Gasteiger partial charge is 0.396 e. The lowest BCUT2D eigenvalue weighted by Gasteiger charge is -2.28. The number of ether oxygens (including phenoxy) is 1. The van der Waals surface area contributed by atoms with Gasteiger partial charge in [-0.1, -0.05) is 6.42 Å². The van der Waals surface area contributed by atoms with E-state index < -0.39 is 0 Å². The number of nitrogens with zero attached hydrogens (tertiary/aromatic N) is 2. The topological polar surface area (TPSA) is 105 Å². The molecular weight excluding hydrogens is 318 g/mol. The minimum Gasteiger partial charge on any atom is -0.396 e. The third-order valence-corrected chi connectivity index (χ3v) is 5.64. The summed E-state index contributed by atoms with van der Waals surface area (Å²) in [7, 11) is 1.79. The average Bonchev–Trinajstić information content (AvgIpc) is 3.10. The Kier molecular flexibility index (Phi) is 6.45. The van der Waals surface area contributed by atoms with Crippen molar-refractivity contribution in [2.75, 3.05) is 24.4 Å². The fraction of sp³-hybridized carbons (Fsp3) is 0.778. The van der Waals surface area contributed by atoms with Crippen molar-refractivity contribution in [2.24, 2.45) is 11.7 Å². The number of hydrogen-bond donors (Lipinski definition) is 4. The molecule has 3 rings (SSSR count). The van der Waals surface area contributed by atoms with Crippen LogP contribution < -0.4 is 16.4 Å². The van der Waals surface area contributed by atoms with Gasteiger partial charge in [-0.15, -0.1) is 0 Å². The molecule has 2 unspecified atom stereocenters. The SMILES string of the molecule is COC1CCC(Nc2ncc(CN)c(NC3CCCC3CO)n2)CC1. The van der Waals surface area contributed by atoms with E-state index in [1.165, 1.54) is 0 Å². The number of hydrogen-bond acceptors (Lipinski definition) is 7. The zero-order valence-electron chi connectivity index (χ0n) is 15.1. The Morgan fingerprint density at radius 3 is 2.68 bits per heavy atom. The highest BCUT2D eigenvalue weighted by Gasteiger charge is 2.27. The molecule has 2 fully saturated rings. The van der Waals surface area contributed by atoms with Gasteiger partial charge in [-0.25, -0.2) is 4.98 Å². The lowest BCUT2D eigenvalue weighted by molar-refractivity contribution is 0.0681. The van der Waals surface area contributed by atoms with Crippen LogP contribution in [0.25, 0.3) is 0 Å². The Morgan fingerprint density at radius 1 is 1.20 bits per heavy atom. The zero-order valence-corrected chi connectivity index (χ0v) is 15.1. The van der Waals surface area contributed by atoms with Gasteiger partial charge in [0.2, 0.25) is 5.95 Å². The van der Waals surface area contributed by atoms with Crippen molar-refractivity contribution in [2.45, 2.75) is 69.7 Å².